The Labute approximate surface area is 133 Å². The van der Waals surface area contributed by atoms with Crippen molar-refractivity contribution in [3.63, 3.8) is 0 Å². The molecule has 1 aromatic rings. The zero-order valence-corrected chi connectivity index (χ0v) is 14.9. The first kappa shape index (κ1) is 17.7. The van der Waals surface area contributed by atoms with E-state index in [1.807, 2.05) is 0 Å². The highest BCUT2D eigenvalue weighted by Gasteiger charge is 2.14. The van der Waals surface area contributed by atoms with Crippen LogP contribution in [0.5, 0.6) is 0 Å². The van der Waals surface area contributed by atoms with Gasteiger partial charge in [0, 0.05) is 23.6 Å². The molecule has 20 heavy (non-hydrogen) atoms. The van der Waals surface area contributed by atoms with Gasteiger partial charge in [0.1, 0.15) is 0 Å². The second kappa shape index (κ2) is 9.54. The third-order valence-corrected chi connectivity index (χ3v) is 4.05. The molecule has 1 atom stereocenters. The Hall–Kier alpha value is -0.380. The SMILES string of the molecule is CCCC(CNCC(C)C)N(C)Cc1ccc(Br)cc1. The van der Waals surface area contributed by atoms with Crippen molar-refractivity contribution in [3.05, 3.63) is 34.3 Å². The zero-order valence-electron chi connectivity index (χ0n) is 13.3. The lowest BCUT2D eigenvalue weighted by molar-refractivity contribution is 0.213. The lowest BCUT2D eigenvalue weighted by Crippen LogP contribution is -2.40. The topological polar surface area (TPSA) is 15.3 Å². The van der Waals surface area contributed by atoms with Gasteiger partial charge in [-0.05, 0) is 43.6 Å². The zero-order chi connectivity index (χ0) is 15.0. The molecule has 1 aromatic carbocycles. The lowest BCUT2D eigenvalue weighted by Gasteiger charge is -2.28. The molecule has 0 radical (unpaired) electrons. The van der Waals surface area contributed by atoms with Crippen LogP contribution in [-0.4, -0.2) is 31.1 Å². The molecule has 0 aromatic heterocycles. The van der Waals surface area contributed by atoms with Gasteiger partial charge in [0.05, 0.1) is 0 Å². The Balaban J connectivity index is 2.49. The highest BCUT2D eigenvalue weighted by molar-refractivity contribution is 9.10. The maximum atomic E-state index is 3.60. The van der Waals surface area contributed by atoms with Gasteiger partial charge < -0.3 is 5.32 Å². The van der Waals surface area contributed by atoms with Crippen LogP contribution in [-0.2, 0) is 6.54 Å². The van der Waals surface area contributed by atoms with Crippen molar-refractivity contribution in [2.24, 2.45) is 5.92 Å². The molecule has 0 aliphatic rings. The van der Waals surface area contributed by atoms with E-state index in [1.54, 1.807) is 0 Å². The van der Waals surface area contributed by atoms with E-state index in [0.29, 0.717) is 12.0 Å². The normalized spacial score (nSPS) is 13.2. The predicted molar refractivity (Wildman–Crippen MR) is 92.0 cm³/mol. The highest BCUT2D eigenvalue weighted by atomic mass is 79.9. The molecular formula is C17H29BrN2. The first-order valence-corrected chi connectivity index (χ1v) is 8.47. The number of rotatable bonds is 9. The second-order valence-corrected chi connectivity index (χ2v) is 6.95. The number of nitrogens with zero attached hydrogens (tertiary/aromatic N) is 1. The summed E-state index contributed by atoms with van der Waals surface area (Å²) in [7, 11) is 2.24. The van der Waals surface area contributed by atoms with Gasteiger partial charge in [0.25, 0.3) is 0 Å². The number of halogens is 1. The largest absolute Gasteiger partial charge is 0.315 e. The Bertz CT molecular complexity index is 362. The first-order valence-electron chi connectivity index (χ1n) is 7.68. The van der Waals surface area contributed by atoms with Crippen LogP contribution < -0.4 is 5.32 Å². The highest BCUT2D eigenvalue weighted by Crippen LogP contribution is 2.14. The minimum absolute atomic E-state index is 0.613. The Morgan fingerprint density at radius 2 is 1.80 bits per heavy atom. The summed E-state index contributed by atoms with van der Waals surface area (Å²) in [5, 5.41) is 3.60. The molecule has 0 saturated heterocycles. The van der Waals surface area contributed by atoms with E-state index in [2.05, 4.69) is 78.2 Å². The molecule has 0 heterocycles. The molecule has 1 N–H and O–H groups in total. The van der Waals surface area contributed by atoms with Gasteiger partial charge in [-0.15, -0.1) is 0 Å². The van der Waals surface area contributed by atoms with E-state index < -0.39 is 0 Å². The standard InChI is InChI=1S/C17H29BrN2/c1-5-6-17(12-19-11-14(2)3)20(4)13-15-7-9-16(18)10-8-15/h7-10,14,17,19H,5-6,11-13H2,1-4H3. The van der Waals surface area contributed by atoms with E-state index in [0.717, 1.165) is 24.1 Å². The van der Waals surface area contributed by atoms with Gasteiger partial charge in [-0.3, -0.25) is 4.90 Å². The molecule has 0 aliphatic carbocycles. The number of hydrogen-bond donors (Lipinski definition) is 1. The predicted octanol–water partition coefficient (Wildman–Crippen LogP) is 4.30. The summed E-state index contributed by atoms with van der Waals surface area (Å²) in [5.41, 5.74) is 1.38. The summed E-state index contributed by atoms with van der Waals surface area (Å²) in [5.74, 6) is 0.717. The van der Waals surface area contributed by atoms with Crippen LogP contribution in [0.4, 0.5) is 0 Å². The average molecular weight is 341 g/mol. The molecule has 0 saturated carbocycles. The Morgan fingerprint density at radius 3 is 2.35 bits per heavy atom. The fourth-order valence-corrected chi connectivity index (χ4v) is 2.62. The van der Waals surface area contributed by atoms with E-state index in [4.69, 9.17) is 0 Å². The Kier molecular flexibility index (Phi) is 8.43. The molecule has 0 aliphatic heterocycles. The summed E-state index contributed by atoms with van der Waals surface area (Å²) in [6, 6.07) is 9.25. The van der Waals surface area contributed by atoms with Gasteiger partial charge in [-0.25, -0.2) is 0 Å². The Morgan fingerprint density at radius 1 is 1.15 bits per heavy atom. The molecule has 3 heteroatoms. The third-order valence-electron chi connectivity index (χ3n) is 3.52. The molecular weight excluding hydrogens is 312 g/mol. The minimum atomic E-state index is 0.613. The smallest absolute Gasteiger partial charge is 0.0234 e. The van der Waals surface area contributed by atoms with Gasteiger partial charge >= 0.3 is 0 Å². The van der Waals surface area contributed by atoms with Crippen LogP contribution in [0.25, 0.3) is 0 Å². The number of hydrogen-bond acceptors (Lipinski definition) is 2. The molecule has 0 bridgehead atoms. The third kappa shape index (κ3) is 6.87. The van der Waals surface area contributed by atoms with Crippen LogP contribution in [0, 0.1) is 5.92 Å². The summed E-state index contributed by atoms with van der Waals surface area (Å²) < 4.78 is 1.15. The number of nitrogens with one attached hydrogen (secondary N) is 1. The van der Waals surface area contributed by atoms with Crippen molar-refractivity contribution in [1.29, 1.82) is 0 Å². The lowest BCUT2D eigenvalue weighted by atomic mass is 10.1. The van der Waals surface area contributed by atoms with Gasteiger partial charge in [-0.1, -0.05) is 55.3 Å². The maximum absolute atomic E-state index is 3.60. The van der Waals surface area contributed by atoms with Crippen LogP contribution in [0.2, 0.25) is 0 Å². The van der Waals surface area contributed by atoms with Gasteiger partial charge in [-0.2, -0.15) is 0 Å². The summed E-state index contributed by atoms with van der Waals surface area (Å²) in [6.07, 6.45) is 2.48. The van der Waals surface area contributed by atoms with Crippen LogP contribution in [0.15, 0.2) is 28.7 Å². The summed E-state index contributed by atoms with van der Waals surface area (Å²) >= 11 is 3.49. The van der Waals surface area contributed by atoms with Crippen LogP contribution in [0.3, 0.4) is 0 Å². The molecule has 0 fully saturated rings. The van der Waals surface area contributed by atoms with Crippen LogP contribution in [0.1, 0.15) is 39.2 Å². The van der Waals surface area contributed by atoms with Crippen LogP contribution >= 0.6 is 15.9 Å². The maximum Gasteiger partial charge on any atom is 0.0234 e. The quantitative estimate of drug-likeness (QED) is 0.721. The van der Waals surface area contributed by atoms with E-state index >= 15 is 0 Å². The molecule has 2 nitrogen and oxygen atoms in total. The van der Waals surface area contributed by atoms with E-state index in [1.165, 1.54) is 18.4 Å². The number of likely N-dealkylation sites (N-methyl/N-ethyl adjacent to an activating group) is 1. The monoisotopic (exact) mass is 340 g/mol. The summed E-state index contributed by atoms with van der Waals surface area (Å²) in [6.45, 7) is 9.98. The minimum Gasteiger partial charge on any atom is -0.315 e. The van der Waals surface area contributed by atoms with Crippen molar-refractivity contribution in [2.75, 3.05) is 20.1 Å². The molecule has 1 unspecified atom stereocenters. The van der Waals surface area contributed by atoms with Gasteiger partial charge in [0.2, 0.25) is 0 Å². The average Bonchev–Trinajstić information content (AvgIpc) is 2.40. The van der Waals surface area contributed by atoms with E-state index in [-0.39, 0.29) is 0 Å². The molecule has 1 rings (SSSR count). The van der Waals surface area contributed by atoms with Crippen molar-refractivity contribution in [1.82, 2.24) is 10.2 Å². The molecule has 0 amide bonds. The van der Waals surface area contributed by atoms with Gasteiger partial charge in [0.15, 0.2) is 0 Å². The molecule has 0 spiro atoms. The van der Waals surface area contributed by atoms with Crippen molar-refractivity contribution >= 4 is 15.9 Å². The first-order chi connectivity index (χ1) is 9.52. The van der Waals surface area contributed by atoms with Crippen molar-refractivity contribution in [2.45, 2.75) is 46.2 Å². The number of benzene rings is 1. The fourth-order valence-electron chi connectivity index (χ4n) is 2.36. The molecule has 114 valence electrons. The summed E-state index contributed by atoms with van der Waals surface area (Å²) in [4.78, 5) is 2.47. The van der Waals surface area contributed by atoms with E-state index in [9.17, 15) is 0 Å². The second-order valence-electron chi connectivity index (χ2n) is 6.04. The van der Waals surface area contributed by atoms with Crippen molar-refractivity contribution in [3.8, 4) is 0 Å². The fraction of sp³-hybridized carbons (Fsp3) is 0.647. The van der Waals surface area contributed by atoms with Crippen molar-refractivity contribution < 1.29 is 0 Å².